The predicted octanol–water partition coefficient (Wildman–Crippen LogP) is 4.55. The topological polar surface area (TPSA) is 61.8 Å². The Kier molecular flexibility index (Phi) is 5.87. The molecule has 3 rings (SSSR count). The van der Waals surface area contributed by atoms with Crippen LogP contribution in [0, 0.1) is 13.8 Å². The van der Waals surface area contributed by atoms with Gasteiger partial charge in [-0.3, -0.25) is 14.5 Å². The standard InChI is InChI=1S/C20H20ClN3O2S/c1-12-6-4-5-7-15(12)23-20-24(3)19(26)17(27-20)11-18(25)22-16-9-8-14(21)10-13(16)2/h4-10,17H,11H2,1-3H3,(H,22,25)/t17-/m1/s1. The third-order valence-electron chi connectivity index (χ3n) is 4.31. The fraction of sp³-hybridized carbons (Fsp3) is 0.250. The number of benzene rings is 2. The van der Waals surface area contributed by atoms with Crippen LogP contribution >= 0.6 is 23.4 Å². The van der Waals surface area contributed by atoms with Crippen LogP contribution in [0.3, 0.4) is 0 Å². The lowest BCUT2D eigenvalue weighted by Crippen LogP contribution is -2.30. The van der Waals surface area contributed by atoms with Gasteiger partial charge in [-0.25, -0.2) is 4.99 Å². The molecule has 1 N–H and O–H groups in total. The number of anilines is 1. The van der Waals surface area contributed by atoms with Crippen LogP contribution < -0.4 is 5.32 Å². The van der Waals surface area contributed by atoms with Gasteiger partial charge in [-0.2, -0.15) is 0 Å². The normalized spacial score (nSPS) is 18.2. The summed E-state index contributed by atoms with van der Waals surface area (Å²) in [7, 11) is 1.69. The van der Waals surface area contributed by atoms with Crippen molar-refractivity contribution in [2.75, 3.05) is 12.4 Å². The lowest BCUT2D eigenvalue weighted by molar-refractivity contribution is -0.127. The minimum Gasteiger partial charge on any atom is -0.326 e. The fourth-order valence-electron chi connectivity index (χ4n) is 2.73. The van der Waals surface area contributed by atoms with Crippen LogP contribution in [-0.2, 0) is 9.59 Å². The Morgan fingerprint density at radius 3 is 2.67 bits per heavy atom. The van der Waals surface area contributed by atoms with Crippen LogP contribution in [0.4, 0.5) is 11.4 Å². The van der Waals surface area contributed by atoms with Crippen molar-refractivity contribution in [3.05, 3.63) is 58.6 Å². The number of aryl methyl sites for hydroxylation is 2. The molecule has 0 aromatic heterocycles. The fourth-order valence-corrected chi connectivity index (χ4v) is 4.10. The minimum absolute atomic E-state index is 0.0860. The van der Waals surface area contributed by atoms with Crippen LogP contribution in [-0.4, -0.2) is 34.2 Å². The number of carbonyl (C=O) groups is 2. The predicted molar refractivity (Wildman–Crippen MR) is 112 cm³/mol. The number of rotatable bonds is 4. The lowest BCUT2D eigenvalue weighted by atomic mass is 10.2. The molecule has 1 aliphatic rings. The molecule has 0 aliphatic carbocycles. The second kappa shape index (κ2) is 8.15. The van der Waals surface area contributed by atoms with E-state index in [0.29, 0.717) is 15.9 Å². The highest BCUT2D eigenvalue weighted by Gasteiger charge is 2.37. The molecule has 5 nitrogen and oxygen atoms in total. The molecule has 2 amide bonds. The smallest absolute Gasteiger partial charge is 0.242 e. The molecule has 1 aliphatic heterocycles. The first kappa shape index (κ1) is 19.5. The van der Waals surface area contributed by atoms with E-state index in [1.165, 1.54) is 16.7 Å². The van der Waals surface area contributed by atoms with E-state index in [0.717, 1.165) is 16.8 Å². The zero-order chi connectivity index (χ0) is 19.6. The first-order valence-corrected chi connectivity index (χ1v) is 9.75. The van der Waals surface area contributed by atoms with Crippen molar-refractivity contribution in [3.8, 4) is 0 Å². The third-order valence-corrected chi connectivity index (χ3v) is 5.77. The Bertz CT molecular complexity index is 929. The van der Waals surface area contributed by atoms with Gasteiger partial charge >= 0.3 is 0 Å². The summed E-state index contributed by atoms with van der Waals surface area (Å²) in [6.45, 7) is 3.85. The average Bonchev–Trinajstić information content (AvgIpc) is 2.87. The molecule has 0 spiro atoms. The number of thioether (sulfide) groups is 1. The van der Waals surface area contributed by atoms with Gasteiger partial charge in [-0.05, 0) is 49.2 Å². The molecule has 0 unspecified atom stereocenters. The van der Waals surface area contributed by atoms with Gasteiger partial charge in [0.2, 0.25) is 11.8 Å². The van der Waals surface area contributed by atoms with Crippen molar-refractivity contribution in [2.24, 2.45) is 4.99 Å². The van der Waals surface area contributed by atoms with Gasteiger partial charge in [-0.15, -0.1) is 0 Å². The molecule has 1 atom stereocenters. The number of hydrogen-bond donors (Lipinski definition) is 1. The monoisotopic (exact) mass is 401 g/mol. The van der Waals surface area contributed by atoms with Crippen LogP contribution in [0.1, 0.15) is 17.5 Å². The summed E-state index contributed by atoms with van der Waals surface area (Å²) in [6.07, 6.45) is 0.0860. The summed E-state index contributed by atoms with van der Waals surface area (Å²) in [5.74, 6) is -0.327. The first-order valence-electron chi connectivity index (χ1n) is 8.49. The van der Waals surface area contributed by atoms with Gasteiger partial charge in [-0.1, -0.05) is 41.6 Å². The summed E-state index contributed by atoms with van der Waals surface area (Å²) in [5, 5.41) is 3.59. The molecule has 27 heavy (non-hydrogen) atoms. The molecular formula is C20H20ClN3O2S. The number of halogens is 1. The van der Waals surface area contributed by atoms with Gasteiger partial charge < -0.3 is 5.32 Å². The number of nitrogens with one attached hydrogen (secondary N) is 1. The number of para-hydroxylation sites is 1. The quantitative estimate of drug-likeness (QED) is 0.817. The molecule has 0 bridgehead atoms. The zero-order valence-corrected chi connectivity index (χ0v) is 16.9. The SMILES string of the molecule is Cc1ccccc1N=C1S[C@H](CC(=O)Nc2ccc(Cl)cc2C)C(=O)N1C. The van der Waals surface area contributed by atoms with Crippen molar-refractivity contribution in [3.63, 3.8) is 0 Å². The van der Waals surface area contributed by atoms with Gasteiger partial charge in [0, 0.05) is 24.2 Å². The van der Waals surface area contributed by atoms with Crippen LogP contribution in [0.5, 0.6) is 0 Å². The van der Waals surface area contributed by atoms with E-state index in [9.17, 15) is 9.59 Å². The highest BCUT2D eigenvalue weighted by molar-refractivity contribution is 8.15. The molecule has 0 radical (unpaired) electrons. The van der Waals surface area contributed by atoms with Crippen molar-refractivity contribution in [1.29, 1.82) is 0 Å². The third kappa shape index (κ3) is 4.51. The average molecular weight is 402 g/mol. The number of hydrogen-bond acceptors (Lipinski definition) is 4. The maximum absolute atomic E-state index is 12.5. The number of aliphatic imine (C=N–C) groups is 1. The summed E-state index contributed by atoms with van der Waals surface area (Å²) in [4.78, 5) is 31.0. The number of carbonyl (C=O) groups excluding carboxylic acids is 2. The molecule has 1 heterocycles. The van der Waals surface area contributed by atoms with E-state index in [1.807, 2.05) is 38.1 Å². The molecule has 2 aromatic carbocycles. The van der Waals surface area contributed by atoms with Gasteiger partial charge in [0.25, 0.3) is 0 Å². The zero-order valence-electron chi connectivity index (χ0n) is 15.3. The van der Waals surface area contributed by atoms with Gasteiger partial charge in [0.1, 0.15) is 5.25 Å². The highest BCUT2D eigenvalue weighted by Crippen LogP contribution is 2.31. The van der Waals surface area contributed by atoms with E-state index < -0.39 is 5.25 Å². The van der Waals surface area contributed by atoms with Crippen molar-refractivity contribution in [1.82, 2.24) is 4.90 Å². The van der Waals surface area contributed by atoms with Gasteiger partial charge in [0.15, 0.2) is 5.17 Å². The summed E-state index contributed by atoms with van der Waals surface area (Å²) in [6, 6.07) is 13.0. The van der Waals surface area contributed by atoms with E-state index in [-0.39, 0.29) is 18.2 Å². The van der Waals surface area contributed by atoms with E-state index >= 15 is 0 Å². The molecule has 2 aromatic rings. The Balaban J connectivity index is 1.70. The second-order valence-corrected chi connectivity index (χ2v) is 8.00. The molecular weight excluding hydrogens is 382 g/mol. The molecule has 7 heteroatoms. The van der Waals surface area contributed by atoms with Crippen LogP contribution in [0.25, 0.3) is 0 Å². The van der Waals surface area contributed by atoms with Crippen LogP contribution in [0.2, 0.25) is 5.02 Å². The molecule has 0 saturated carbocycles. The maximum Gasteiger partial charge on any atom is 0.242 e. The molecule has 140 valence electrons. The van der Waals surface area contributed by atoms with Crippen molar-refractivity contribution < 1.29 is 9.59 Å². The van der Waals surface area contributed by atoms with Crippen LogP contribution in [0.15, 0.2) is 47.5 Å². The van der Waals surface area contributed by atoms with Gasteiger partial charge in [0.05, 0.1) is 5.69 Å². The van der Waals surface area contributed by atoms with E-state index in [1.54, 1.807) is 25.2 Å². The number of amides is 2. The summed E-state index contributed by atoms with van der Waals surface area (Å²) >= 11 is 7.26. The minimum atomic E-state index is -0.481. The Labute approximate surface area is 167 Å². The Morgan fingerprint density at radius 1 is 1.22 bits per heavy atom. The maximum atomic E-state index is 12.5. The van der Waals surface area contributed by atoms with E-state index in [4.69, 9.17) is 11.6 Å². The Morgan fingerprint density at radius 2 is 1.96 bits per heavy atom. The lowest BCUT2D eigenvalue weighted by Gasteiger charge is -2.11. The molecule has 1 saturated heterocycles. The number of nitrogens with zero attached hydrogens (tertiary/aromatic N) is 2. The van der Waals surface area contributed by atoms with E-state index in [2.05, 4.69) is 10.3 Å². The summed E-state index contributed by atoms with van der Waals surface area (Å²) in [5.41, 5.74) is 3.43. The molecule has 1 fully saturated rings. The summed E-state index contributed by atoms with van der Waals surface area (Å²) < 4.78 is 0. The first-order chi connectivity index (χ1) is 12.8. The number of amidine groups is 1. The van der Waals surface area contributed by atoms with Crippen molar-refractivity contribution >= 4 is 51.7 Å². The van der Waals surface area contributed by atoms with Crippen molar-refractivity contribution in [2.45, 2.75) is 25.5 Å². The largest absolute Gasteiger partial charge is 0.326 e. The Hall–Kier alpha value is -2.31. The highest BCUT2D eigenvalue weighted by atomic mass is 35.5. The second-order valence-electron chi connectivity index (χ2n) is 6.40.